The molecule has 1 heterocycles. The summed E-state index contributed by atoms with van der Waals surface area (Å²) in [6.07, 6.45) is 4.04. The SMILES string of the molecule is CN(Cc1cnn(C)c1)C(=O)CCC(=O)c1ccc(Br)cc1. The van der Waals surface area contributed by atoms with Crippen LogP contribution in [0.4, 0.5) is 0 Å². The highest BCUT2D eigenvalue weighted by molar-refractivity contribution is 9.10. The van der Waals surface area contributed by atoms with Crippen molar-refractivity contribution >= 4 is 27.6 Å². The van der Waals surface area contributed by atoms with E-state index in [9.17, 15) is 9.59 Å². The zero-order chi connectivity index (χ0) is 16.1. The summed E-state index contributed by atoms with van der Waals surface area (Å²) in [4.78, 5) is 25.7. The van der Waals surface area contributed by atoms with Crippen LogP contribution >= 0.6 is 15.9 Å². The maximum atomic E-state index is 12.1. The second-order valence-electron chi connectivity index (χ2n) is 5.20. The van der Waals surface area contributed by atoms with Crippen LogP contribution in [0, 0.1) is 0 Å². The Morgan fingerprint density at radius 2 is 1.91 bits per heavy atom. The lowest BCUT2D eigenvalue weighted by Gasteiger charge is -2.15. The van der Waals surface area contributed by atoms with Gasteiger partial charge in [-0.25, -0.2) is 0 Å². The van der Waals surface area contributed by atoms with E-state index < -0.39 is 0 Å². The molecule has 0 saturated heterocycles. The van der Waals surface area contributed by atoms with Gasteiger partial charge in [0.15, 0.2) is 5.78 Å². The first-order valence-electron chi connectivity index (χ1n) is 6.96. The molecule has 0 aliphatic carbocycles. The molecule has 2 rings (SSSR count). The fourth-order valence-corrected chi connectivity index (χ4v) is 2.37. The van der Waals surface area contributed by atoms with Gasteiger partial charge in [-0.15, -0.1) is 0 Å². The first-order chi connectivity index (χ1) is 10.5. The van der Waals surface area contributed by atoms with Crippen molar-refractivity contribution < 1.29 is 9.59 Å². The molecule has 0 N–H and O–H groups in total. The molecular weight excluding hydrogens is 346 g/mol. The molecule has 0 bridgehead atoms. The molecule has 5 nitrogen and oxygen atoms in total. The van der Waals surface area contributed by atoms with Crippen molar-refractivity contribution in [2.75, 3.05) is 7.05 Å². The fourth-order valence-electron chi connectivity index (χ4n) is 2.11. The molecule has 0 atom stereocenters. The number of ketones is 1. The van der Waals surface area contributed by atoms with Crippen LogP contribution in [0.5, 0.6) is 0 Å². The summed E-state index contributed by atoms with van der Waals surface area (Å²) in [6, 6.07) is 7.17. The van der Waals surface area contributed by atoms with Crippen LogP contribution in [0.15, 0.2) is 41.1 Å². The third kappa shape index (κ3) is 4.53. The predicted molar refractivity (Wildman–Crippen MR) is 87.4 cm³/mol. The molecular formula is C16H18BrN3O2. The van der Waals surface area contributed by atoms with Crippen molar-refractivity contribution in [2.45, 2.75) is 19.4 Å². The number of hydrogen-bond donors (Lipinski definition) is 0. The van der Waals surface area contributed by atoms with E-state index in [-0.39, 0.29) is 24.5 Å². The van der Waals surface area contributed by atoms with Gasteiger partial charge in [-0.05, 0) is 12.1 Å². The molecule has 1 aromatic carbocycles. The second kappa shape index (κ2) is 7.35. The van der Waals surface area contributed by atoms with E-state index >= 15 is 0 Å². The van der Waals surface area contributed by atoms with Gasteiger partial charge < -0.3 is 4.90 Å². The predicted octanol–water partition coefficient (Wildman–Crippen LogP) is 2.80. The van der Waals surface area contributed by atoms with E-state index in [1.165, 1.54) is 0 Å². The largest absolute Gasteiger partial charge is 0.341 e. The smallest absolute Gasteiger partial charge is 0.223 e. The number of nitrogens with zero attached hydrogens (tertiary/aromatic N) is 3. The molecule has 1 amide bonds. The Morgan fingerprint density at radius 3 is 2.50 bits per heavy atom. The Labute approximate surface area is 138 Å². The molecule has 0 fully saturated rings. The fraction of sp³-hybridized carbons (Fsp3) is 0.312. The lowest BCUT2D eigenvalue weighted by Crippen LogP contribution is -2.26. The highest BCUT2D eigenvalue weighted by Gasteiger charge is 2.13. The molecule has 6 heteroatoms. The number of Topliss-reactive ketones (excluding diaryl/α,β-unsaturated/α-hetero) is 1. The average Bonchev–Trinajstić information content (AvgIpc) is 2.90. The molecule has 116 valence electrons. The maximum Gasteiger partial charge on any atom is 0.223 e. The Bertz CT molecular complexity index is 664. The van der Waals surface area contributed by atoms with Crippen LogP contribution in [0.2, 0.25) is 0 Å². The standard InChI is InChI=1S/C16H18BrN3O2/c1-19(10-12-9-18-20(2)11-12)16(22)8-7-15(21)13-3-5-14(17)6-4-13/h3-6,9,11H,7-8,10H2,1-2H3. The normalized spacial score (nSPS) is 10.5. The Kier molecular flexibility index (Phi) is 5.49. The average molecular weight is 364 g/mol. The Hall–Kier alpha value is -1.95. The first-order valence-corrected chi connectivity index (χ1v) is 7.75. The summed E-state index contributed by atoms with van der Waals surface area (Å²) in [5.41, 5.74) is 1.60. The summed E-state index contributed by atoms with van der Waals surface area (Å²) >= 11 is 3.33. The van der Waals surface area contributed by atoms with Gasteiger partial charge in [0.1, 0.15) is 0 Å². The second-order valence-corrected chi connectivity index (χ2v) is 6.12. The zero-order valence-electron chi connectivity index (χ0n) is 12.6. The number of carbonyl (C=O) groups is 2. The Balaban J connectivity index is 1.83. The molecule has 22 heavy (non-hydrogen) atoms. The monoisotopic (exact) mass is 363 g/mol. The van der Waals surface area contributed by atoms with Gasteiger partial charge in [-0.3, -0.25) is 14.3 Å². The van der Waals surface area contributed by atoms with Crippen LogP contribution in [-0.4, -0.2) is 33.4 Å². The molecule has 1 aromatic heterocycles. The van der Waals surface area contributed by atoms with Crippen molar-refractivity contribution in [3.05, 3.63) is 52.3 Å². The summed E-state index contributed by atoms with van der Waals surface area (Å²) in [6.45, 7) is 0.499. The van der Waals surface area contributed by atoms with Gasteiger partial charge in [0.05, 0.1) is 6.20 Å². The van der Waals surface area contributed by atoms with Gasteiger partial charge in [0.25, 0.3) is 0 Å². The molecule has 0 saturated carbocycles. The molecule has 0 aliphatic heterocycles. The topological polar surface area (TPSA) is 55.2 Å². The van der Waals surface area contributed by atoms with Crippen LogP contribution in [0.1, 0.15) is 28.8 Å². The molecule has 0 unspecified atom stereocenters. The van der Waals surface area contributed by atoms with Crippen LogP contribution in [0.25, 0.3) is 0 Å². The third-order valence-corrected chi connectivity index (χ3v) is 3.86. The van der Waals surface area contributed by atoms with Crippen LogP contribution in [0.3, 0.4) is 0 Å². The van der Waals surface area contributed by atoms with Crippen molar-refractivity contribution in [2.24, 2.45) is 7.05 Å². The summed E-state index contributed by atoms with van der Waals surface area (Å²) < 4.78 is 2.63. The van der Waals surface area contributed by atoms with Gasteiger partial charge in [0, 0.05) is 55.3 Å². The third-order valence-electron chi connectivity index (χ3n) is 3.34. The number of amides is 1. The Morgan fingerprint density at radius 1 is 1.23 bits per heavy atom. The molecule has 0 spiro atoms. The van der Waals surface area contributed by atoms with Crippen molar-refractivity contribution in [3.8, 4) is 0 Å². The van der Waals surface area contributed by atoms with E-state index in [0.29, 0.717) is 12.1 Å². The summed E-state index contributed by atoms with van der Waals surface area (Å²) in [7, 11) is 3.57. The maximum absolute atomic E-state index is 12.1. The summed E-state index contributed by atoms with van der Waals surface area (Å²) in [5, 5.41) is 4.07. The van der Waals surface area contributed by atoms with E-state index in [2.05, 4.69) is 21.0 Å². The molecule has 0 aliphatic rings. The highest BCUT2D eigenvalue weighted by Crippen LogP contribution is 2.13. The van der Waals surface area contributed by atoms with Crippen molar-refractivity contribution in [3.63, 3.8) is 0 Å². The number of rotatable bonds is 6. The van der Waals surface area contributed by atoms with Crippen molar-refractivity contribution in [1.29, 1.82) is 0 Å². The van der Waals surface area contributed by atoms with Crippen LogP contribution < -0.4 is 0 Å². The summed E-state index contributed by atoms with van der Waals surface area (Å²) in [5.74, 6) is -0.0649. The van der Waals surface area contributed by atoms with Gasteiger partial charge in [-0.1, -0.05) is 28.1 Å². The number of halogens is 1. The number of aromatic nitrogens is 2. The minimum Gasteiger partial charge on any atom is -0.341 e. The highest BCUT2D eigenvalue weighted by atomic mass is 79.9. The number of aryl methyl sites for hydroxylation is 1. The van der Waals surface area contributed by atoms with E-state index in [4.69, 9.17) is 0 Å². The minimum absolute atomic E-state index is 0.0179. The number of carbonyl (C=O) groups excluding carboxylic acids is 2. The van der Waals surface area contributed by atoms with Crippen LogP contribution in [-0.2, 0) is 18.4 Å². The molecule has 2 aromatic rings. The minimum atomic E-state index is -0.0469. The van der Waals surface area contributed by atoms with E-state index in [1.807, 2.05) is 25.4 Å². The number of hydrogen-bond acceptors (Lipinski definition) is 3. The van der Waals surface area contributed by atoms with Gasteiger partial charge >= 0.3 is 0 Å². The van der Waals surface area contributed by atoms with E-state index in [1.54, 1.807) is 35.0 Å². The van der Waals surface area contributed by atoms with Gasteiger partial charge in [-0.2, -0.15) is 5.10 Å². The van der Waals surface area contributed by atoms with Gasteiger partial charge in [0.2, 0.25) is 5.91 Å². The molecule has 0 radical (unpaired) electrons. The van der Waals surface area contributed by atoms with Crippen molar-refractivity contribution in [1.82, 2.24) is 14.7 Å². The lowest BCUT2D eigenvalue weighted by molar-refractivity contribution is -0.130. The zero-order valence-corrected chi connectivity index (χ0v) is 14.2. The van der Waals surface area contributed by atoms with E-state index in [0.717, 1.165) is 10.0 Å². The number of benzene rings is 1. The first kappa shape index (κ1) is 16.4. The quantitative estimate of drug-likeness (QED) is 0.741. The lowest BCUT2D eigenvalue weighted by atomic mass is 10.1.